The van der Waals surface area contributed by atoms with Gasteiger partial charge in [-0.2, -0.15) is 4.31 Å². The van der Waals surface area contributed by atoms with E-state index in [1.807, 2.05) is 39.0 Å². The maximum absolute atomic E-state index is 12.6. The Kier molecular flexibility index (Phi) is 6.59. The van der Waals surface area contributed by atoms with Crippen LogP contribution in [0.25, 0.3) is 0 Å². The van der Waals surface area contributed by atoms with Gasteiger partial charge < -0.3 is 10.1 Å². The number of nitrogens with zero attached hydrogens (tertiary/aromatic N) is 1. The van der Waals surface area contributed by atoms with E-state index in [-0.39, 0.29) is 10.8 Å². The number of hydrogen-bond acceptors (Lipinski definition) is 4. The number of hydrogen-bond donors (Lipinski definition) is 1. The second-order valence-corrected chi connectivity index (χ2v) is 9.32. The summed E-state index contributed by atoms with van der Waals surface area (Å²) >= 11 is 0. The molecule has 0 bridgehead atoms. The van der Waals surface area contributed by atoms with Crippen LogP contribution >= 0.6 is 0 Å². The van der Waals surface area contributed by atoms with E-state index in [0.717, 1.165) is 18.4 Å². The predicted octanol–water partition coefficient (Wildman–Crippen LogP) is 3.88. The van der Waals surface area contributed by atoms with Gasteiger partial charge in [-0.25, -0.2) is 8.42 Å². The second-order valence-electron chi connectivity index (χ2n) is 7.39. The fourth-order valence-corrected chi connectivity index (χ4v) is 4.80. The Labute approximate surface area is 172 Å². The van der Waals surface area contributed by atoms with Gasteiger partial charge in [-0.1, -0.05) is 13.0 Å². The van der Waals surface area contributed by atoms with E-state index in [1.54, 1.807) is 12.1 Å². The zero-order valence-corrected chi connectivity index (χ0v) is 18.0. The lowest BCUT2D eigenvalue weighted by Crippen LogP contribution is -2.32. The van der Waals surface area contributed by atoms with Crippen molar-refractivity contribution < 1.29 is 17.9 Å². The number of amides is 1. The van der Waals surface area contributed by atoms with Gasteiger partial charge in [-0.3, -0.25) is 4.79 Å². The van der Waals surface area contributed by atoms with E-state index in [1.165, 1.54) is 22.0 Å². The Balaban J connectivity index is 1.66. The molecule has 1 heterocycles. The lowest BCUT2D eigenvalue weighted by atomic mass is 10.1. The third-order valence-electron chi connectivity index (χ3n) is 5.24. The molecule has 0 spiro atoms. The van der Waals surface area contributed by atoms with E-state index in [4.69, 9.17) is 4.74 Å². The van der Waals surface area contributed by atoms with Crippen molar-refractivity contribution in [1.29, 1.82) is 0 Å². The summed E-state index contributed by atoms with van der Waals surface area (Å²) in [4.78, 5) is 12.9. The molecular weight excluding hydrogens is 388 g/mol. The zero-order valence-electron chi connectivity index (χ0n) is 17.1. The Bertz CT molecular complexity index is 965. The van der Waals surface area contributed by atoms with Crippen molar-refractivity contribution in [3.05, 3.63) is 53.6 Å². The molecule has 2 aromatic rings. The first kappa shape index (κ1) is 21.3. The lowest BCUT2D eigenvalue weighted by Gasteiger charge is -2.18. The molecule has 29 heavy (non-hydrogen) atoms. The number of benzene rings is 2. The first-order chi connectivity index (χ1) is 13.8. The number of aryl methyl sites for hydroxylation is 2. The summed E-state index contributed by atoms with van der Waals surface area (Å²) in [5.41, 5.74) is 2.81. The minimum absolute atomic E-state index is 0.246. The topological polar surface area (TPSA) is 75.7 Å². The fraction of sp³-hybridized carbons (Fsp3) is 0.409. The molecule has 1 N–H and O–H groups in total. The van der Waals surface area contributed by atoms with Crippen LogP contribution < -0.4 is 10.1 Å². The molecule has 6 nitrogen and oxygen atoms in total. The predicted molar refractivity (Wildman–Crippen MR) is 114 cm³/mol. The van der Waals surface area contributed by atoms with Crippen molar-refractivity contribution in [1.82, 2.24) is 4.31 Å². The lowest BCUT2D eigenvalue weighted by molar-refractivity contribution is -0.122. The Morgan fingerprint density at radius 1 is 1.07 bits per heavy atom. The average molecular weight is 417 g/mol. The summed E-state index contributed by atoms with van der Waals surface area (Å²) < 4.78 is 32.6. The molecule has 156 valence electrons. The minimum Gasteiger partial charge on any atom is -0.481 e. The molecule has 1 fully saturated rings. The summed E-state index contributed by atoms with van der Waals surface area (Å²) in [7, 11) is -3.46. The average Bonchev–Trinajstić information content (AvgIpc) is 3.25. The first-order valence-corrected chi connectivity index (χ1v) is 11.4. The smallest absolute Gasteiger partial charge is 0.265 e. The van der Waals surface area contributed by atoms with E-state index < -0.39 is 16.1 Å². The molecule has 0 aliphatic carbocycles. The molecule has 1 amide bonds. The number of anilines is 1. The van der Waals surface area contributed by atoms with Crippen molar-refractivity contribution >= 4 is 21.6 Å². The van der Waals surface area contributed by atoms with Gasteiger partial charge >= 0.3 is 0 Å². The molecular formula is C22H28N2O4S. The van der Waals surface area contributed by atoms with E-state index in [2.05, 4.69) is 5.32 Å². The maximum atomic E-state index is 12.6. The number of sulfonamides is 1. The monoisotopic (exact) mass is 416 g/mol. The summed E-state index contributed by atoms with van der Waals surface area (Å²) in [6.07, 6.45) is 1.67. The van der Waals surface area contributed by atoms with Gasteiger partial charge in [0.1, 0.15) is 5.75 Å². The third-order valence-corrected chi connectivity index (χ3v) is 7.16. The van der Waals surface area contributed by atoms with Crippen LogP contribution in [0.1, 0.15) is 37.3 Å². The first-order valence-electron chi connectivity index (χ1n) is 9.96. The fourth-order valence-electron chi connectivity index (χ4n) is 3.28. The highest BCUT2D eigenvalue weighted by molar-refractivity contribution is 7.89. The molecule has 0 saturated carbocycles. The van der Waals surface area contributed by atoms with E-state index in [0.29, 0.717) is 30.9 Å². The Morgan fingerprint density at radius 2 is 1.72 bits per heavy atom. The van der Waals surface area contributed by atoms with Crippen molar-refractivity contribution in [3.63, 3.8) is 0 Å². The van der Waals surface area contributed by atoms with Crippen molar-refractivity contribution in [2.75, 3.05) is 18.4 Å². The van der Waals surface area contributed by atoms with Gasteiger partial charge in [0.05, 0.1) is 4.90 Å². The van der Waals surface area contributed by atoms with Crippen LogP contribution in [-0.2, 0) is 14.8 Å². The minimum atomic E-state index is -3.46. The van der Waals surface area contributed by atoms with E-state index >= 15 is 0 Å². The maximum Gasteiger partial charge on any atom is 0.265 e. The molecule has 1 aliphatic rings. The third kappa shape index (κ3) is 4.97. The molecule has 1 aliphatic heterocycles. The van der Waals surface area contributed by atoms with Crippen LogP contribution in [0, 0.1) is 13.8 Å². The molecule has 2 aromatic carbocycles. The van der Waals surface area contributed by atoms with Crippen molar-refractivity contribution in [3.8, 4) is 5.75 Å². The molecule has 0 aromatic heterocycles. The van der Waals surface area contributed by atoms with Crippen molar-refractivity contribution in [2.45, 2.75) is 51.0 Å². The van der Waals surface area contributed by atoms with Gasteiger partial charge in [-0.15, -0.1) is 0 Å². The largest absolute Gasteiger partial charge is 0.481 e. The van der Waals surface area contributed by atoms with Gasteiger partial charge in [0.25, 0.3) is 5.91 Å². The highest BCUT2D eigenvalue weighted by atomic mass is 32.2. The van der Waals surface area contributed by atoms with Crippen LogP contribution in [0.3, 0.4) is 0 Å². The number of nitrogens with one attached hydrogen (secondary N) is 1. The highest BCUT2D eigenvalue weighted by Crippen LogP contribution is 2.23. The van der Waals surface area contributed by atoms with Gasteiger partial charge in [0.2, 0.25) is 10.0 Å². The van der Waals surface area contributed by atoms with Crippen LogP contribution in [0.4, 0.5) is 5.69 Å². The molecule has 1 atom stereocenters. The Morgan fingerprint density at radius 3 is 2.31 bits per heavy atom. The van der Waals surface area contributed by atoms with E-state index in [9.17, 15) is 13.2 Å². The summed E-state index contributed by atoms with van der Waals surface area (Å²) in [5.74, 6) is 0.392. The van der Waals surface area contributed by atoms with Gasteiger partial charge in [-0.05, 0) is 80.6 Å². The number of ether oxygens (including phenoxy) is 1. The summed E-state index contributed by atoms with van der Waals surface area (Å²) in [5, 5.41) is 2.82. The number of carbonyl (C=O) groups excluding carboxylic acids is 1. The molecule has 1 unspecified atom stereocenters. The standard InChI is InChI=1S/C22H28N2O4S/c1-4-21(28-19-10-7-16(2)17(3)15-19)22(25)23-18-8-11-20(12-9-18)29(26,27)24-13-5-6-14-24/h7-12,15,21H,4-6,13-14H2,1-3H3,(H,23,25). The van der Waals surface area contributed by atoms with Crippen LogP contribution in [-0.4, -0.2) is 37.8 Å². The van der Waals surface area contributed by atoms with Crippen LogP contribution in [0.5, 0.6) is 5.75 Å². The van der Waals surface area contributed by atoms with Gasteiger partial charge in [0.15, 0.2) is 6.10 Å². The molecule has 3 rings (SSSR count). The molecule has 7 heteroatoms. The van der Waals surface area contributed by atoms with Crippen LogP contribution in [0.2, 0.25) is 0 Å². The second kappa shape index (κ2) is 8.97. The number of carbonyl (C=O) groups is 1. The number of rotatable bonds is 7. The highest BCUT2D eigenvalue weighted by Gasteiger charge is 2.27. The quantitative estimate of drug-likeness (QED) is 0.743. The molecule has 1 saturated heterocycles. The summed E-state index contributed by atoms with van der Waals surface area (Å²) in [6, 6.07) is 12.0. The SMILES string of the molecule is CCC(Oc1ccc(C)c(C)c1)C(=O)Nc1ccc(S(=O)(=O)N2CCCC2)cc1. The normalized spacial score (nSPS) is 15.8. The van der Waals surface area contributed by atoms with Gasteiger partial charge in [0, 0.05) is 18.8 Å². The summed E-state index contributed by atoms with van der Waals surface area (Å²) in [6.45, 7) is 7.04. The van der Waals surface area contributed by atoms with Crippen molar-refractivity contribution in [2.24, 2.45) is 0 Å². The van der Waals surface area contributed by atoms with Crippen LogP contribution in [0.15, 0.2) is 47.4 Å². The zero-order chi connectivity index (χ0) is 21.0. The molecule has 0 radical (unpaired) electrons. The Hall–Kier alpha value is -2.38.